The number of carbonyl (C=O) groups is 2. The van der Waals surface area contributed by atoms with E-state index in [-0.39, 0.29) is 17.8 Å². The Bertz CT molecular complexity index is 1330. The molecule has 0 saturated heterocycles. The van der Waals surface area contributed by atoms with E-state index in [2.05, 4.69) is 24.5 Å². The average molecular weight is 487 g/mol. The summed E-state index contributed by atoms with van der Waals surface area (Å²) in [5, 5.41) is 7.44. The number of para-hydroxylation sites is 2. The third-order valence-electron chi connectivity index (χ3n) is 6.48. The van der Waals surface area contributed by atoms with Gasteiger partial charge in [0.25, 0.3) is 0 Å². The van der Waals surface area contributed by atoms with E-state index in [1.807, 2.05) is 60.7 Å². The van der Waals surface area contributed by atoms with Crippen molar-refractivity contribution in [1.29, 1.82) is 0 Å². The standard InChI is InChI=1S/C29H27ClN2O3/c1-29(2)15-24-26(25(33)16-29)27(32-23-11-7-6-10-22(23)31-24)20-13-12-19(14-21(20)30)28(34)35-17-18-8-4-3-5-9-18/h3-14,27,31-32H,15-17H2,1-2H3. The van der Waals surface area contributed by atoms with Crippen molar-refractivity contribution in [3.8, 4) is 0 Å². The van der Waals surface area contributed by atoms with E-state index in [1.165, 1.54) is 0 Å². The first kappa shape index (κ1) is 23.2. The van der Waals surface area contributed by atoms with Crippen molar-refractivity contribution in [1.82, 2.24) is 0 Å². The zero-order valence-electron chi connectivity index (χ0n) is 19.7. The predicted octanol–water partition coefficient (Wildman–Crippen LogP) is 6.92. The lowest BCUT2D eigenvalue weighted by molar-refractivity contribution is -0.118. The molecule has 0 aromatic heterocycles. The van der Waals surface area contributed by atoms with E-state index in [1.54, 1.807) is 12.1 Å². The molecule has 5 nitrogen and oxygen atoms in total. The summed E-state index contributed by atoms with van der Waals surface area (Å²) in [5.74, 6) is -0.352. The minimum absolute atomic E-state index is 0.0940. The Labute approximate surface area is 210 Å². The van der Waals surface area contributed by atoms with Crippen LogP contribution in [-0.2, 0) is 16.1 Å². The van der Waals surface area contributed by atoms with Gasteiger partial charge in [-0.1, -0.05) is 74.0 Å². The molecule has 1 unspecified atom stereocenters. The minimum Gasteiger partial charge on any atom is -0.457 e. The first-order valence-electron chi connectivity index (χ1n) is 11.7. The van der Waals surface area contributed by atoms with E-state index in [0.717, 1.165) is 34.6 Å². The third kappa shape index (κ3) is 4.82. The van der Waals surface area contributed by atoms with Crippen LogP contribution in [0.4, 0.5) is 11.4 Å². The molecule has 1 aliphatic heterocycles. The Balaban J connectivity index is 1.47. The molecule has 0 fully saturated rings. The SMILES string of the molecule is CC1(C)CC(=O)C2=C(C1)Nc1ccccc1NC2c1ccc(C(=O)OCc2ccccc2)cc1Cl. The number of allylic oxidation sites excluding steroid dienone is 1. The van der Waals surface area contributed by atoms with Crippen molar-refractivity contribution < 1.29 is 14.3 Å². The fourth-order valence-electron chi connectivity index (χ4n) is 4.82. The summed E-state index contributed by atoms with van der Waals surface area (Å²) in [6, 6.07) is 22.1. The Kier molecular flexibility index (Phi) is 6.12. The van der Waals surface area contributed by atoms with Crippen LogP contribution < -0.4 is 10.6 Å². The lowest BCUT2D eigenvalue weighted by Crippen LogP contribution is -2.31. The molecule has 2 aliphatic rings. The maximum Gasteiger partial charge on any atom is 0.338 e. The van der Waals surface area contributed by atoms with Gasteiger partial charge >= 0.3 is 5.97 Å². The molecule has 5 rings (SSSR count). The zero-order valence-corrected chi connectivity index (χ0v) is 20.5. The summed E-state index contributed by atoms with van der Waals surface area (Å²) >= 11 is 6.74. The molecule has 0 bridgehead atoms. The second kappa shape index (κ2) is 9.23. The summed E-state index contributed by atoms with van der Waals surface area (Å²) in [5.41, 5.74) is 5.30. The van der Waals surface area contributed by atoms with Crippen molar-refractivity contribution in [3.05, 3.63) is 106 Å². The highest BCUT2D eigenvalue weighted by atomic mass is 35.5. The summed E-state index contributed by atoms with van der Waals surface area (Å²) in [7, 11) is 0. The fourth-order valence-corrected chi connectivity index (χ4v) is 5.11. The number of carbonyl (C=O) groups excluding carboxylic acids is 2. The molecular formula is C29H27ClN2O3. The van der Waals surface area contributed by atoms with Crippen LogP contribution in [-0.4, -0.2) is 11.8 Å². The predicted molar refractivity (Wildman–Crippen MR) is 138 cm³/mol. The second-order valence-corrected chi connectivity index (χ2v) is 10.3. The quantitative estimate of drug-likeness (QED) is 0.392. The number of hydrogen-bond acceptors (Lipinski definition) is 5. The lowest BCUT2D eigenvalue weighted by Gasteiger charge is -2.34. The number of benzene rings is 3. The van der Waals surface area contributed by atoms with Crippen LogP contribution in [0.3, 0.4) is 0 Å². The summed E-state index contributed by atoms with van der Waals surface area (Å²) in [4.78, 5) is 26.0. The maximum absolute atomic E-state index is 13.4. The van der Waals surface area contributed by atoms with Crippen molar-refractivity contribution in [2.24, 2.45) is 5.41 Å². The average Bonchev–Trinajstić information content (AvgIpc) is 2.98. The number of hydrogen-bond donors (Lipinski definition) is 2. The molecular weight excluding hydrogens is 460 g/mol. The van der Waals surface area contributed by atoms with E-state index in [4.69, 9.17) is 16.3 Å². The summed E-state index contributed by atoms with van der Waals surface area (Å²) in [6.07, 6.45) is 1.21. The van der Waals surface area contributed by atoms with Crippen molar-refractivity contribution >= 4 is 34.7 Å². The van der Waals surface area contributed by atoms with E-state index in [9.17, 15) is 9.59 Å². The van der Waals surface area contributed by atoms with Gasteiger partial charge in [0.2, 0.25) is 0 Å². The first-order chi connectivity index (χ1) is 16.8. The number of fused-ring (bicyclic) bond motifs is 1. The third-order valence-corrected chi connectivity index (χ3v) is 6.81. The lowest BCUT2D eigenvalue weighted by atomic mass is 9.73. The number of ketones is 1. The van der Waals surface area contributed by atoms with Gasteiger partial charge < -0.3 is 15.4 Å². The Morgan fingerprint density at radius 1 is 1.00 bits per heavy atom. The monoisotopic (exact) mass is 486 g/mol. The number of halogens is 1. The van der Waals surface area contributed by atoms with Gasteiger partial charge in [0.05, 0.1) is 23.0 Å². The van der Waals surface area contributed by atoms with Gasteiger partial charge in [-0.15, -0.1) is 0 Å². The number of Topliss-reactive ketones (excluding diaryl/α,β-unsaturated/α-hetero) is 1. The summed E-state index contributed by atoms with van der Waals surface area (Å²) < 4.78 is 5.46. The van der Waals surface area contributed by atoms with Crippen LogP contribution in [0.5, 0.6) is 0 Å². The van der Waals surface area contributed by atoms with Gasteiger partial charge in [-0.2, -0.15) is 0 Å². The van der Waals surface area contributed by atoms with Crippen LogP contribution in [0.1, 0.15) is 54.2 Å². The van der Waals surface area contributed by atoms with Gasteiger partial charge in [-0.05, 0) is 47.2 Å². The fraction of sp³-hybridized carbons (Fsp3) is 0.241. The van der Waals surface area contributed by atoms with Gasteiger partial charge in [-0.25, -0.2) is 4.79 Å². The highest BCUT2D eigenvalue weighted by Gasteiger charge is 2.39. The molecule has 1 aliphatic carbocycles. The molecule has 0 saturated carbocycles. The summed E-state index contributed by atoms with van der Waals surface area (Å²) in [6.45, 7) is 4.41. The number of ether oxygens (including phenoxy) is 1. The van der Waals surface area contributed by atoms with E-state index in [0.29, 0.717) is 22.6 Å². The molecule has 178 valence electrons. The molecule has 0 spiro atoms. The van der Waals surface area contributed by atoms with Crippen LogP contribution >= 0.6 is 11.6 Å². The van der Waals surface area contributed by atoms with Gasteiger partial charge in [0, 0.05) is 22.7 Å². The number of rotatable bonds is 4. The zero-order chi connectivity index (χ0) is 24.6. The normalized spacial score (nSPS) is 18.5. The van der Waals surface area contributed by atoms with Crippen LogP contribution in [0.2, 0.25) is 5.02 Å². The smallest absolute Gasteiger partial charge is 0.338 e. The van der Waals surface area contributed by atoms with Gasteiger partial charge in [0.1, 0.15) is 6.61 Å². The number of esters is 1. The molecule has 3 aromatic rings. The topological polar surface area (TPSA) is 67.4 Å². The molecule has 35 heavy (non-hydrogen) atoms. The Hall–Kier alpha value is -3.57. The number of nitrogens with one attached hydrogen (secondary N) is 2. The van der Waals surface area contributed by atoms with E-state index < -0.39 is 12.0 Å². The minimum atomic E-state index is -0.446. The van der Waals surface area contributed by atoms with Gasteiger partial charge in [-0.3, -0.25) is 4.79 Å². The molecule has 3 aromatic carbocycles. The van der Waals surface area contributed by atoms with Crippen molar-refractivity contribution in [3.63, 3.8) is 0 Å². The largest absolute Gasteiger partial charge is 0.457 e. The van der Waals surface area contributed by atoms with Crippen molar-refractivity contribution in [2.75, 3.05) is 10.6 Å². The molecule has 2 N–H and O–H groups in total. The van der Waals surface area contributed by atoms with Crippen molar-refractivity contribution in [2.45, 2.75) is 39.3 Å². The Morgan fingerprint density at radius 3 is 2.46 bits per heavy atom. The second-order valence-electron chi connectivity index (χ2n) is 9.88. The molecule has 1 heterocycles. The Morgan fingerprint density at radius 2 is 1.71 bits per heavy atom. The molecule has 6 heteroatoms. The maximum atomic E-state index is 13.4. The van der Waals surface area contributed by atoms with Crippen LogP contribution in [0, 0.1) is 5.41 Å². The first-order valence-corrected chi connectivity index (χ1v) is 12.1. The van der Waals surface area contributed by atoms with Gasteiger partial charge in [0.15, 0.2) is 5.78 Å². The number of anilines is 2. The molecule has 0 amide bonds. The highest BCUT2D eigenvalue weighted by Crippen LogP contribution is 2.46. The molecule has 0 radical (unpaired) electrons. The van der Waals surface area contributed by atoms with Crippen LogP contribution in [0.25, 0.3) is 0 Å². The highest BCUT2D eigenvalue weighted by molar-refractivity contribution is 6.32. The van der Waals surface area contributed by atoms with Crippen LogP contribution in [0.15, 0.2) is 84.1 Å². The molecule has 1 atom stereocenters. The van der Waals surface area contributed by atoms with E-state index >= 15 is 0 Å².